The van der Waals surface area contributed by atoms with E-state index in [0.717, 1.165) is 5.92 Å². The third kappa shape index (κ3) is 2.68. The Kier molecular flexibility index (Phi) is 5.94. The van der Waals surface area contributed by atoms with Gasteiger partial charge in [-0.3, -0.25) is 4.90 Å². The van der Waals surface area contributed by atoms with Crippen molar-refractivity contribution in [1.29, 1.82) is 0 Å². The second-order valence-corrected chi connectivity index (χ2v) is 5.44. The van der Waals surface area contributed by atoms with E-state index in [4.69, 9.17) is 0 Å². The minimum Gasteiger partial charge on any atom is -0.315 e. The monoisotopic (exact) mass is 240 g/mol. The van der Waals surface area contributed by atoms with E-state index in [-0.39, 0.29) is 0 Å². The quantitative estimate of drug-likeness (QED) is 0.700. The van der Waals surface area contributed by atoms with Crippen molar-refractivity contribution in [2.45, 2.75) is 71.4 Å². The Hall–Kier alpha value is -0.0800. The summed E-state index contributed by atoms with van der Waals surface area (Å²) < 4.78 is 0. The molecule has 1 N–H and O–H groups in total. The van der Waals surface area contributed by atoms with Gasteiger partial charge in [0.2, 0.25) is 0 Å². The van der Waals surface area contributed by atoms with Gasteiger partial charge in [0.1, 0.15) is 0 Å². The summed E-state index contributed by atoms with van der Waals surface area (Å²) in [7, 11) is 2.16. The van der Waals surface area contributed by atoms with Gasteiger partial charge in [-0.2, -0.15) is 0 Å². The van der Waals surface area contributed by atoms with Crippen molar-refractivity contribution in [2.24, 2.45) is 5.92 Å². The molecule has 0 aromatic heterocycles. The van der Waals surface area contributed by atoms with Crippen LogP contribution in [0.25, 0.3) is 0 Å². The molecule has 1 saturated carbocycles. The summed E-state index contributed by atoms with van der Waals surface area (Å²) in [6, 6.07) is 0.672. The summed E-state index contributed by atoms with van der Waals surface area (Å²) in [6.07, 6.45) is 6.80. The van der Waals surface area contributed by atoms with E-state index < -0.39 is 0 Å². The Bertz CT molecular complexity index is 203. The molecule has 0 aromatic carbocycles. The van der Waals surface area contributed by atoms with Crippen LogP contribution in [-0.4, -0.2) is 36.6 Å². The average molecular weight is 240 g/mol. The molecule has 2 heteroatoms. The summed E-state index contributed by atoms with van der Waals surface area (Å²) in [6.45, 7) is 11.7. The minimum atomic E-state index is 0.364. The Labute approximate surface area is 108 Å². The first-order valence-electron chi connectivity index (χ1n) is 7.62. The fourth-order valence-corrected chi connectivity index (χ4v) is 3.90. The lowest BCUT2D eigenvalue weighted by Crippen LogP contribution is -2.63. The maximum atomic E-state index is 3.65. The van der Waals surface area contributed by atoms with Crippen LogP contribution in [0.1, 0.15) is 59.8 Å². The minimum absolute atomic E-state index is 0.364. The zero-order valence-electron chi connectivity index (χ0n) is 12.6. The molecule has 1 rings (SSSR count). The highest BCUT2D eigenvalue weighted by atomic mass is 15.2. The fraction of sp³-hybridized carbons (Fsp3) is 1.00. The molecular formula is C15H32N2. The van der Waals surface area contributed by atoms with Crippen LogP contribution in [0.15, 0.2) is 0 Å². The Morgan fingerprint density at radius 1 is 1.12 bits per heavy atom. The molecule has 0 aliphatic heterocycles. The molecule has 1 atom stereocenters. The first-order chi connectivity index (χ1) is 8.19. The van der Waals surface area contributed by atoms with E-state index in [1.54, 1.807) is 0 Å². The topological polar surface area (TPSA) is 15.3 Å². The molecule has 0 radical (unpaired) electrons. The van der Waals surface area contributed by atoms with Crippen molar-refractivity contribution in [3.8, 4) is 0 Å². The number of likely N-dealkylation sites (N-methyl/N-ethyl adjacent to an activating group) is 2. The van der Waals surface area contributed by atoms with Gasteiger partial charge in [-0.15, -0.1) is 0 Å². The largest absolute Gasteiger partial charge is 0.315 e. The van der Waals surface area contributed by atoms with Gasteiger partial charge in [-0.1, -0.05) is 34.1 Å². The first kappa shape index (κ1) is 15.0. The van der Waals surface area contributed by atoms with Crippen molar-refractivity contribution >= 4 is 0 Å². The van der Waals surface area contributed by atoms with Gasteiger partial charge in [-0.25, -0.2) is 0 Å². The summed E-state index contributed by atoms with van der Waals surface area (Å²) in [4.78, 5) is 2.69. The SMILES string of the molecule is CCN(CC)C(CC)(CC)C(NC)C1CCC1. The van der Waals surface area contributed by atoms with Gasteiger partial charge in [-0.05, 0) is 51.7 Å². The number of hydrogen-bond acceptors (Lipinski definition) is 2. The number of nitrogens with one attached hydrogen (secondary N) is 1. The maximum absolute atomic E-state index is 3.65. The van der Waals surface area contributed by atoms with Crippen molar-refractivity contribution in [3.63, 3.8) is 0 Å². The van der Waals surface area contributed by atoms with E-state index in [9.17, 15) is 0 Å². The lowest BCUT2D eigenvalue weighted by Gasteiger charge is -2.52. The van der Waals surface area contributed by atoms with Crippen LogP contribution >= 0.6 is 0 Å². The van der Waals surface area contributed by atoms with Gasteiger partial charge in [0.05, 0.1) is 0 Å². The van der Waals surface area contributed by atoms with Crippen LogP contribution in [0.3, 0.4) is 0 Å². The van der Waals surface area contributed by atoms with Gasteiger partial charge in [0.25, 0.3) is 0 Å². The van der Waals surface area contributed by atoms with Gasteiger partial charge >= 0.3 is 0 Å². The molecule has 1 fully saturated rings. The predicted octanol–water partition coefficient (Wildman–Crippen LogP) is 3.28. The zero-order chi connectivity index (χ0) is 12.9. The van der Waals surface area contributed by atoms with E-state index >= 15 is 0 Å². The zero-order valence-corrected chi connectivity index (χ0v) is 12.6. The second-order valence-electron chi connectivity index (χ2n) is 5.44. The third-order valence-electron chi connectivity index (χ3n) is 5.13. The molecule has 1 unspecified atom stereocenters. The van der Waals surface area contributed by atoms with E-state index in [0.29, 0.717) is 11.6 Å². The van der Waals surface area contributed by atoms with Gasteiger partial charge < -0.3 is 5.32 Å². The molecule has 0 bridgehead atoms. The van der Waals surface area contributed by atoms with Crippen molar-refractivity contribution in [1.82, 2.24) is 10.2 Å². The highest BCUT2D eigenvalue weighted by Gasteiger charge is 2.44. The maximum Gasteiger partial charge on any atom is 0.0359 e. The van der Waals surface area contributed by atoms with Crippen molar-refractivity contribution < 1.29 is 0 Å². The van der Waals surface area contributed by atoms with Crippen LogP contribution in [0.2, 0.25) is 0 Å². The molecule has 1 aliphatic rings. The second kappa shape index (κ2) is 6.75. The van der Waals surface area contributed by atoms with Crippen molar-refractivity contribution in [3.05, 3.63) is 0 Å². The molecule has 0 amide bonds. The normalized spacial score (nSPS) is 19.4. The molecule has 0 aromatic rings. The van der Waals surface area contributed by atoms with Crippen molar-refractivity contribution in [2.75, 3.05) is 20.1 Å². The third-order valence-corrected chi connectivity index (χ3v) is 5.13. The highest BCUT2D eigenvalue weighted by Crippen LogP contribution is 2.39. The summed E-state index contributed by atoms with van der Waals surface area (Å²) in [5.74, 6) is 0.903. The Balaban J connectivity index is 2.92. The molecule has 102 valence electrons. The molecule has 0 saturated heterocycles. The lowest BCUT2D eigenvalue weighted by atomic mass is 9.69. The number of rotatable bonds is 8. The van der Waals surface area contributed by atoms with E-state index in [1.807, 2.05) is 0 Å². The number of nitrogens with zero attached hydrogens (tertiary/aromatic N) is 1. The molecule has 17 heavy (non-hydrogen) atoms. The molecule has 0 heterocycles. The Morgan fingerprint density at radius 2 is 1.65 bits per heavy atom. The smallest absolute Gasteiger partial charge is 0.0359 e. The predicted molar refractivity (Wildman–Crippen MR) is 76.4 cm³/mol. The molecule has 1 aliphatic carbocycles. The summed E-state index contributed by atoms with van der Waals surface area (Å²) in [5.41, 5.74) is 0.364. The molecular weight excluding hydrogens is 208 g/mol. The first-order valence-corrected chi connectivity index (χ1v) is 7.62. The average Bonchev–Trinajstić information content (AvgIpc) is 2.31. The van der Waals surface area contributed by atoms with Crippen LogP contribution in [0.4, 0.5) is 0 Å². The summed E-state index contributed by atoms with van der Waals surface area (Å²) in [5, 5.41) is 3.65. The van der Waals surface area contributed by atoms with Gasteiger partial charge in [0.15, 0.2) is 0 Å². The molecule has 2 nitrogen and oxygen atoms in total. The Morgan fingerprint density at radius 3 is 1.88 bits per heavy atom. The van der Waals surface area contributed by atoms with E-state index in [1.165, 1.54) is 45.2 Å². The van der Waals surface area contributed by atoms with E-state index in [2.05, 4.69) is 45.0 Å². The molecule has 0 spiro atoms. The van der Waals surface area contributed by atoms with Crippen LogP contribution in [-0.2, 0) is 0 Å². The van der Waals surface area contributed by atoms with Gasteiger partial charge in [0, 0.05) is 11.6 Å². The standard InChI is InChI=1S/C15H32N2/c1-6-15(7-2,17(8-3)9-4)14(16-5)13-11-10-12-13/h13-14,16H,6-12H2,1-5H3. The van der Waals surface area contributed by atoms with Crippen LogP contribution < -0.4 is 5.32 Å². The number of hydrogen-bond donors (Lipinski definition) is 1. The van der Waals surface area contributed by atoms with Crippen LogP contribution in [0.5, 0.6) is 0 Å². The van der Waals surface area contributed by atoms with Crippen LogP contribution in [0, 0.1) is 5.92 Å². The summed E-state index contributed by atoms with van der Waals surface area (Å²) >= 11 is 0. The highest BCUT2D eigenvalue weighted by molar-refractivity contribution is 5.02. The lowest BCUT2D eigenvalue weighted by molar-refractivity contribution is 0.0122. The fourth-order valence-electron chi connectivity index (χ4n) is 3.90.